The molecular formula is C23H35ClN4O2. The minimum absolute atomic E-state index is 0.128. The fourth-order valence-corrected chi connectivity index (χ4v) is 5.40. The van der Waals surface area contributed by atoms with E-state index >= 15 is 0 Å². The average Bonchev–Trinajstić information content (AvgIpc) is 2.79. The minimum atomic E-state index is 0.128. The minimum Gasteiger partial charge on any atom is -0.379 e. The van der Waals surface area contributed by atoms with Crippen LogP contribution >= 0.6 is 11.6 Å². The summed E-state index contributed by atoms with van der Waals surface area (Å²) in [6.07, 6.45) is 6.21. The lowest BCUT2D eigenvalue weighted by atomic mass is 9.79. The first-order chi connectivity index (χ1) is 14.6. The molecule has 0 bridgehead atoms. The third-order valence-electron chi connectivity index (χ3n) is 6.99. The zero-order valence-electron chi connectivity index (χ0n) is 18.0. The second-order valence-corrected chi connectivity index (χ2v) is 9.34. The molecule has 7 heteroatoms. The fraction of sp³-hybridized carbons (Fsp3) is 0.696. The number of carbonyl (C=O) groups is 1. The maximum absolute atomic E-state index is 12.7. The van der Waals surface area contributed by atoms with Gasteiger partial charge < -0.3 is 15.0 Å². The molecule has 166 valence electrons. The number of benzene rings is 1. The van der Waals surface area contributed by atoms with E-state index in [1.807, 2.05) is 18.2 Å². The zero-order valence-corrected chi connectivity index (χ0v) is 18.7. The molecule has 1 aromatic carbocycles. The van der Waals surface area contributed by atoms with Crippen LogP contribution < -0.4 is 10.2 Å². The Kier molecular flexibility index (Phi) is 7.52. The summed E-state index contributed by atoms with van der Waals surface area (Å²) >= 11 is 6.13. The number of hydrogen-bond acceptors (Lipinski definition) is 5. The summed E-state index contributed by atoms with van der Waals surface area (Å²) in [6.45, 7) is 8.50. The number of nitrogens with one attached hydrogen (secondary N) is 1. The smallest absolute Gasteiger partial charge is 0.234 e. The molecule has 30 heavy (non-hydrogen) atoms. The number of hydrogen-bond donors (Lipinski definition) is 1. The van der Waals surface area contributed by atoms with Crippen LogP contribution in [0.25, 0.3) is 0 Å². The topological polar surface area (TPSA) is 48.1 Å². The van der Waals surface area contributed by atoms with Crippen LogP contribution in [0, 0.1) is 0 Å². The molecule has 3 aliphatic rings. The number of halogens is 1. The Hall–Kier alpha value is -1.34. The number of rotatable bonds is 6. The van der Waals surface area contributed by atoms with E-state index in [0.717, 1.165) is 69.7 Å². The third kappa shape index (κ3) is 5.47. The van der Waals surface area contributed by atoms with Crippen LogP contribution in [0.15, 0.2) is 24.3 Å². The number of nitrogens with zero attached hydrogens (tertiary/aromatic N) is 3. The molecule has 0 atom stereocenters. The quantitative estimate of drug-likeness (QED) is 0.745. The lowest BCUT2D eigenvalue weighted by molar-refractivity contribution is -0.123. The van der Waals surface area contributed by atoms with Gasteiger partial charge >= 0.3 is 0 Å². The van der Waals surface area contributed by atoms with Gasteiger partial charge in [0.15, 0.2) is 0 Å². The first-order valence-electron chi connectivity index (χ1n) is 11.5. The van der Waals surface area contributed by atoms with Crippen LogP contribution in [0.3, 0.4) is 0 Å². The number of ether oxygens (including phenoxy) is 1. The molecule has 2 heterocycles. The molecule has 0 radical (unpaired) electrons. The molecule has 1 aromatic rings. The number of piperazine rings is 1. The molecule has 1 saturated carbocycles. The van der Waals surface area contributed by atoms with E-state index in [9.17, 15) is 4.79 Å². The van der Waals surface area contributed by atoms with Crippen LogP contribution in [0.2, 0.25) is 5.02 Å². The predicted octanol–water partition coefficient (Wildman–Crippen LogP) is 2.61. The summed E-state index contributed by atoms with van der Waals surface area (Å²) < 4.78 is 5.56. The van der Waals surface area contributed by atoms with E-state index in [-0.39, 0.29) is 11.4 Å². The molecule has 6 nitrogen and oxygen atoms in total. The van der Waals surface area contributed by atoms with E-state index in [1.165, 1.54) is 32.1 Å². The van der Waals surface area contributed by atoms with Crippen molar-refractivity contribution in [2.45, 2.75) is 37.6 Å². The van der Waals surface area contributed by atoms with Crippen molar-refractivity contribution >= 4 is 23.2 Å². The second-order valence-electron chi connectivity index (χ2n) is 8.90. The summed E-state index contributed by atoms with van der Waals surface area (Å²) in [5.74, 6) is 0.157. The SMILES string of the molecule is O=C(CN1CCN(c2cccc(Cl)c2)CC1)NCC1(N2CCOCC2)CCCCC1. The fourth-order valence-electron chi connectivity index (χ4n) is 5.21. The summed E-state index contributed by atoms with van der Waals surface area (Å²) in [6, 6.07) is 8.01. The van der Waals surface area contributed by atoms with Crippen LogP contribution in [-0.4, -0.2) is 86.8 Å². The Morgan fingerprint density at radius 1 is 1.03 bits per heavy atom. The van der Waals surface area contributed by atoms with E-state index in [2.05, 4.69) is 26.1 Å². The van der Waals surface area contributed by atoms with Crippen molar-refractivity contribution in [3.63, 3.8) is 0 Å². The van der Waals surface area contributed by atoms with Gasteiger partial charge in [-0.15, -0.1) is 0 Å². The Labute approximate surface area is 185 Å². The highest BCUT2D eigenvalue weighted by Crippen LogP contribution is 2.33. The number of morpholine rings is 1. The van der Waals surface area contributed by atoms with Gasteiger partial charge in [-0.3, -0.25) is 14.6 Å². The van der Waals surface area contributed by atoms with Crippen LogP contribution in [0.5, 0.6) is 0 Å². The molecule has 3 fully saturated rings. The standard InChI is InChI=1S/C23H35ClN4O2/c24-20-5-4-6-21(17-20)27-11-9-26(10-12-27)18-22(29)25-19-23(7-2-1-3-8-23)28-13-15-30-16-14-28/h4-6,17H,1-3,7-16,18-19H2,(H,25,29). The Bertz CT molecular complexity index is 696. The Morgan fingerprint density at radius 2 is 1.77 bits per heavy atom. The van der Waals surface area contributed by atoms with Crippen LogP contribution in [0.1, 0.15) is 32.1 Å². The highest BCUT2D eigenvalue weighted by atomic mass is 35.5. The zero-order chi connectivity index (χ0) is 20.8. The van der Waals surface area contributed by atoms with Gasteiger partial charge in [0, 0.05) is 62.1 Å². The van der Waals surface area contributed by atoms with Gasteiger partial charge in [-0.05, 0) is 31.0 Å². The van der Waals surface area contributed by atoms with Gasteiger partial charge in [-0.1, -0.05) is 36.9 Å². The van der Waals surface area contributed by atoms with Gasteiger partial charge in [0.05, 0.1) is 19.8 Å². The summed E-state index contributed by atoms with van der Waals surface area (Å²) in [4.78, 5) is 19.9. The second kappa shape index (κ2) is 10.3. The third-order valence-corrected chi connectivity index (χ3v) is 7.23. The van der Waals surface area contributed by atoms with Crippen molar-refractivity contribution < 1.29 is 9.53 Å². The van der Waals surface area contributed by atoms with E-state index in [0.29, 0.717) is 6.54 Å². The number of carbonyl (C=O) groups excluding carboxylic acids is 1. The Morgan fingerprint density at radius 3 is 2.47 bits per heavy atom. The van der Waals surface area contributed by atoms with Crippen molar-refractivity contribution in [3.05, 3.63) is 29.3 Å². The number of amides is 1. The first kappa shape index (κ1) is 21.9. The maximum Gasteiger partial charge on any atom is 0.234 e. The van der Waals surface area contributed by atoms with Crippen molar-refractivity contribution in [1.82, 2.24) is 15.1 Å². The predicted molar refractivity (Wildman–Crippen MR) is 121 cm³/mol. The van der Waals surface area contributed by atoms with Crippen LogP contribution in [-0.2, 0) is 9.53 Å². The molecule has 1 N–H and O–H groups in total. The maximum atomic E-state index is 12.7. The average molecular weight is 435 g/mol. The van der Waals surface area contributed by atoms with Crippen molar-refractivity contribution in [1.29, 1.82) is 0 Å². The lowest BCUT2D eigenvalue weighted by Gasteiger charge is -2.48. The first-order valence-corrected chi connectivity index (χ1v) is 11.8. The van der Waals surface area contributed by atoms with E-state index in [4.69, 9.17) is 16.3 Å². The van der Waals surface area contributed by atoms with Gasteiger partial charge in [0.1, 0.15) is 0 Å². The molecule has 0 unspecified atom stereocenters. The molecule has 0 spiro atoms. The van der Waals surface area contributed by atoms with Gasteiger partial charge in [-0.25, -0.2) is 0 Å². The molecule has 0 aromatic heterocycles. The number of anilines is 1. The molecule has 1 amide bonds. The highest BCUT2D eigenvalue weighted by molar-refractivity contribution is 6.30. The van der Waals surface area contributed by atoms with Crippen molar-refractivity contribution in [3.8, 4) is 0 Å². The summed E-state index contributed by atoms with van der Waals surface area (Å²) in [5.41, 5.74) is 1.29. The molecule has 4 rings (SSSR count). The van der Waals surface area contributed by atoms with E-state index in [1.54, 1.807) is 0 Å². The summed E-state index contributed by atoms with van der Waals surface area (Å²) in [5, 5.41) is 4.06. The van der Waals surface area contributed by atoms with E-state index < -0.39 is 0 Å². The monoisotopic (exact) mass is 434 g/mol. The largest absolute Gasteiger partial charge is 0.379 e. The van der Waals surface area contributed by atoms with Gasteiger partial charge in [-0.2, -0.15) is 0 Å². The van der Waals surface area contributed by atoms with Crippen molar-refractivity contribution in [2.75, 3.05) is 70.5 Å². The molecule has 2 saturated heterocycles. The molecule has 2 aliphatic heterocycles. The highest BCUT2D eigenvalue weighted by Gasteiger charge is 2.38. The van der Waals surface area contributed by atoms with Gasteiger partial charge in [0.25, 0.3) is 0 Å². The summed E-state index contributed by atoms with van der Waals surface area (Å²) in [7, 11) is 0. The van der Waals surface area contributed by atoms with Crippen LogP contribution in [0.4, 0.5) is 5.69 Å². The lowest BCUT2D eigenvalue weighted by Crippen LogP contribution is -2.60. The molecular weight excluding hydrogens is 400 g/mol. The normalized spacial score (nSPS) is 23.3. The Balaban J connectivity index is 1.25. The van der Waals surface area contributed by atoms with Crippen molar-refractivity contribution in [2.24, 2.45) is 0 Å². The molecule has 1 aliphatic carbocycles. The van der Waals surface area contributed by atoms with Gasteiger partial charge in [0.2, 0.25) is 5.91 Å².